The van der Waals surface area contributed by atoms with Crippen molar-refractivity contribution in [3.05, 3.63) is 24.3 Å². The van der Waals surface area contributed by atoms with E-state index in [0.717, 1.165) is 26.1 Å². The van der Waals surface area contributed by atoms with E-state index in [1.807, 2.05) is 0 Å². The molecule has 0 saturated heterocycles. The van der Waals surface area contributed by atoms with Gasteiger partial charge in [0.2, 0.25) is 0 Å². The summed E-state index contributed by atoms with van der Waals surface area (Å²) in [7, 11) is 0. The maximum atomic E-state index is 11.7. The van der Waals surface area contributed by atoms with Gasteiger partial charge in [0.05, 0.1) is 5.69 Å². The van der Waals surface area contributed by atoms with Gasteiger partial charge in [-0.1, -0.05) is 26.0 Å². The van der Waals surface area contributed by atoms with Gasteiger partial charge in [-0.2, -0.15) is 0 Å². The lowest BCUT2D eigenvalue weighted by molar-refractivity contribution is -0.136. The van der Waals surface area contributed by atoms with Gasteiger partial charge in [0.15, 0.2) is 0 Å². The number of phenols is 1. The first-order chi connectivity index (χ1) is 10.1. The SMILES string of the molecule is CCN(CC)CCCNC(=O)C(=O)Nc1ccccc1O. The number of carbonyl (C=O) groups is 2. The highest BCUT2D eigenvalue weighted by Crippen LogP contribution is 2.21. The van der Waals surface area contributed by atoms with E-state index in [0.29, 0.717) is 6.54 Å². The van der Waals surface area contributed by atoms with Crippen LogP contribution < -0.4 is 10.6 Å². The lowest BCUT2D eigenvalue weighted by atomic mass is 10.3. The zero-order valence-electron chi connectivity index (χ0n) is 12.6. The van der Waals surface area contributed by atoms with Crippen LogP contribution in [0.2, 0.25) is 0 Å². The fourth-order valence-electron chi connectivity index (χ4n) is 1.88. The highest BCUT2D eigenvalue weighted by atomic mass is 16.3. The second-order valence-corrected chi connectivity index (χ2v) is 4.61. The average Bonchev–Trinajstić information content (AvgIpc) is 2.49. The monoisotopic (exact) mass is 293 g/mol. The third-order valence-corrected chi connectivity index (χ3v) is 3.19. The number of para-hydroxylation sites is 2. The van der Waals surface area contributed by atoms with Crippen molar-refractivity contribution in [1.82, 2.24) is 10.2 Å². The number of rotatable bonds is 7. The molecule has 3 N–H and O–H groups in total. The van der Waals surface area contributed by atoms with Crippen molar-refractivity contribution < 1.29 is 14.7 Å². The molecule has 0 aliphatic heterocycles. The predicted molar refractivity (Wildman–Crippen MR) is 82.2 cm³/mol. The van der Waals surface area contributed by atoms with Crippen LogP contribution in [0.5, 0.6) is 5.75 Å². The number of nitrogens with zero attached hydrogens (tertiary/aromatic N) is 1. The molecule has 0 radical (unpaired) electrons. The topological polar surface area (TPSA) is 81.7 Å². The van der Waals surface area contributed by atoms with Gasteiger partial charge in [0, 0.05) is 6.54 Å². The van der Waals surface area contributed by atoms with Crippen LogP contribution in [0, 0.1) is 0 Å². The molecule has 0 fully saturated rings. The fraction of sp³-hybridized carbons (Fsp3) is 0.467. The summed E-state index contributed by atoms with van der Waals surface area (Å²) >= 11 is 0. The molecule has 1 aromatic carbocycles. The Bertz CT molecular complexity index is 473. The van der Waals surface area contributed by atoms with Crippen LogP contribution in [0.1, 0.15) is 20.3 Å². The molecule has 0 aromatic heterocycles. The number of amides is 2. The number of nitrogens with one attached hydrogen (secondary N) is 2. The van der Waals surface area contributed by atoms with Crippen molar-refractivity contribution in [2.24, 2.45) is 0 Å². The van der Waals surface area contributed by atoms with E-state index in [1.54, 1.807) is 12.1 Å². The van der Waals surface area contributed by atoms with Crippen LogP contribution >= 0.6 is 0 Å². The molecular weight excluding hydrogens is 270 g/mol. The van der Waals surface area contributed by atoms with E-state index < -0.39 is 11.8 Å². The Hall–Kier alpha value is -2.08. The van der Waals surface area contributed by atoms with E-state index in [-0.39, 0.29) is 11.4 Å². The van der Waals surface area contributed by atoms with Crippen LogP contribution in [0.4, 0.5) is 5.69 Å². The molecule has 1 rings (SSSR count). The van der Waals surface area contributed by atoms with Crippen molar-refractivity contribution >= 4 is 17.5 Å². The molecule has 1 aromatic rings. The number of phenolic OH excluding ortho intramolecular Hbond substituents is 1. The van der Waals surface area contributed by atoms with Gasteiger partial charge in [-0.15, -0.1) is 0 Å². The molecule has 2 amide bonds. The first kappa shape index (κ1) is 17.0. The smallest absolute Gasteiger partial charge is 0.313 e. The summed E-state index contributed by atoms with van der Waals surface area (Å²) < 4.78 is 0. The van der Waals surface area contributed by atoms with Gasteiger partial charge in [-0.3, -0.25) is 9.59 Å². The van der Waals surface area contributed by atoms with Gasteiger partial charge in [-0.25, -0.2) is 0 Å². The summed E-state index contributed by atoms with van der Waals surface area (Å²) in [6.45, 7) is 7.44. The summed E-state index contributed by atoms with van der Waals surface area (Å²) in [6, 6.07) is 6.27. The highest BCUT2D eigenvalue weighted by molar-refractivity contribution is 6.39. The van der Waals surface area contributed by atoms with E-state index in [4.69, 9.17) is 0 Å². The number of hydrogen-bond donors (Lipinski definition) is 3. The third kappa shape index (κ3) is 5.83. The molecule has 0 aliphatic carbocycles. The molecule has 6 heteroatoms. The molecule has 0 aliphatic rings. The predicted octanol–water partition coefficient (Wildman–Crippen LogP) is 1.18. The van der Waals surface area contributed by atoms with Crippen LogP contribution in [0.15, 0.2) is 24.3 Å². The quantitative estimate of drug-likeness (QED) is 0.400. The number of aromatic hydroxyl groups is 1. The molecule has 116 valence electrons. The summed E-state index contributed by atoms with van der Waals surface area (Å²) in [5, 5.41) is 14.5. The zero-order chi connectivity index (χ0) is 15.7. The summed E-state index contributed by atoms with van der Waals surface area (Å²) in [5.74, 6) is -1.54. The summed E-state index contributed by atoms with van der Waals surface area (Å²) in [6.07, 6.45) is 0.789. The summed E-state index contributed by atoms with van der Waals surface area (Å²) in [5.41, 5.74) is 0.223. The Labute approximate surface area is 125 Å². The minimum atomic E-state index is -0.778. The fourth-order valence-corrected chi connectivity index (χ4v) is 1.88. The van der Waals surface area contributed by atoms with E-state index in [2.05, 4.69) is 29.4 Å². The first-order valence-corrected chi connectivity index (χ1v) is 7.18. The molecule has 0 spiro atoms. The molecule has 0 heterocycles. The van der Waals surface area contributed by atoms with Gasteiger partial charge >= 0.3 is 11.8 Å². The van der Waals surface area contributed by atoms with Crippen LogP contribution in [-0.4, -0.2) is 48.0 Å². The Balaban J connectivity index is 2.32. The van der Waals surface area contributed by atoms with Crippen LogP contribution in [0.25, 0.3) is 0 Å². The molecular formula is C15H23N3O3. The average molecular weight is 293 g/mol. The molecule has 0 bridgehead atoms. The van der Waals surface area contributed by atoms with Gasteiger partial charge < -0.3 is 20.6 Å². The van der Waals surface area contributed by atoms with E-state index >= 15 is 0 Å². The summed E-state index contributed by atoms with van der Waals surface area (Å²) in [4.78, 5) is 25.5. The van der Waals surface area contributed by atoms with Gasteiger partial charge in [0.25, 0.3) is 0 Å². The second kappa shape index (κ2) is 8.97. The van der Waals surface area contributed by atoms with Crippen molar-refractivity contribution in [3.8, 4) is 5.75 Å². The molecule has 6 nitrogen and oxygen atoms in total. The van der Waals surface area contributed by atoms with Crippen molar-refractivity contribution in [2.45, 2.75) is 20.3 Å². The van der Waals surface area contributed by atoms with Crippen molar-refractivity contribution in [3.63, 3.8) is 0 Å². The first-order valence-electron chi connectivity index (χ1n) is 7.18. The van der Waals surface area contributed by atoms with Crippen LogP contribution in [-0.2, 0) is 9.59 Å². The second-order valence-electron chi connectivity index (χ2n) is 4.61. The maximum Gasteiger partial charge on any atom is 0.313 e. The van der Waals surface area contributed by atoms with Crippen molar-refractivity contribution in [1.29, 1.82) is 0 Å². The Morgan fingerprint density at radius 1 is 1.14 bits per heavy atom. The molecule has 0 saturated carbocycles. The van der Waals surface area contributed by atoms with Gasteiger partial charge in [0.1, 0.15) is 5.75 Å². The Morgan fingerprint density at radius 3 is 2.43 bits per heavy atom. The van der Waals surface area contributed by atoms with Crippen molar-refractivity contribution in [2.75, 3.05) is 31.5 Å². The molecule has 0 unspecified atom stereocenters. The lowest BCUT2D eigenvalue weighted by Crippen LogP contribution is -2.37. The number of benzene rings is 1. The molecule has 21 heavy (non-hydrogen) atoms. The number of anilines is 1. The number of hydrogen-bond acceptors (Lipinski definition) is 4. The number of carbonyl (C=O) groups excluding carboxylic acids is 2. The standard InChI is InChI=1S/C15H23N3O3/c1-3-18(4-2)11-7-10-16-14(20)15(21)17-12-8-5-6-9-13(12)19/h5-6,8-9,19H,3-4,7,10-11H2,1-2H3,(H,16,20)(H,17,21). The minimum Gasteiger partial charge on any atom is -0.506 e. The van der Waals surface area contributed by atoms with Gasteiger partial charge in [-0.05, 0) is 38.2 Å². The lowest BCUT2D eigenvalue weighted by Gasteiger charge is -2.17. The van der Waals surface area contributed by atoms with E-state index in [9.17, 15) is 14.7 Å². The third-order valence-electron chi connectivity index (χ3n) is 3.19. The van der Waals surface area contributed by atoms with E-state index in [1.165, 1.54) is 12.1 Å². The largest absolute Gasteiger partial charge is 0.506 e. The Kier molecular flexibility index (Phi) is 7.25. The Morgan fingerprint density at radius 2 is 1.81 bits per heavy atom. The normalized spacial score (nSPS) is 10.4. The minimum absolute atomic E-state index is 0.0693. The van der Waals surface area contributed by atoms with Crippen LogP contribution in [0.3, 0.4) is 0 Å². The molecule has 0 atom stereocenters. The maximum absolute atomic E-state index is 11.7. The highest BCUT2D eigenvalue weighted by Gasteiger charge is 2.14. The zero-order valence-corrected chi connectivity index (χ0v) is 12.6.